The lowest BCUT2D eigenvalue weighted by Gasteiger charge is -2.35. The van der Waals surface area contributed by atoms with E-state index in [2.05, 4.69) is 35.4 Å². The Bertz CT molecular complexity index is 459. The number of Topliss-reactive ketones (excluding diaryl/α,β-unsaturated/α-hetero) is 1. The number of allylic oxidation sites excluding steroid dienone is 4. The molecule has 4 heteroatoms. The number of nitrogens with zero attached hydrogens (tertiary/aromatic N) is 2. The summed E-state index contributed by atoms with van der Waals surface area (Å²) in [6.07, 6.45) is 9.89. The smallest absolute Gasteiger partial charge is 0.252 e. The van der Waals surface area contributed by atoms with Crippen molar-refractivity contribution in [3.63, 3.8) is 0 Å². The molecule has 2 heterocycles. The van der Waals surface area contributed by atoms with Crippen molar-refractivity contribution in [3.8, 4) is 0 Å². The van der Waals surface area contributed by atoms with E-state index in [1.807, 2.05) is 0 Å². The minimum atomic E-state index is 0.168. The normalized spacial score (nSPS) is 41.3. The summed E-state index contributed by atoms with van der Waals surface area (Å²) in [6.45, 7) is 4.65. The van der Waals surface area contributed by atoms with E-state index in [0.29, 0.717) is 17.7 Å². The molecule has 1 radical (unpaired) electrons. The first kappa shape index (κ1) is 11.9. The molecule has 4 atom stereocenters. The number of fused-ring (bicyclic) bond motifs is 3. The molecule has 4 rings (SSSR count). The topological polar surface area (TPSA) is 23.6 Å². The van der Waals surface area contributed by atoms with Crippen molar-refractivity contribution in [2.24, 2.45) is 11.8 Å². The molecule has 2 aliphatic carbocycles. The summed E-state index contributed by atoms with van der Waals surface area (Å²) in [4.78, 5) is 17.5. The van der Waals surface area contributed by atoms with Gasteiger partial charge < -0.3 is 9.71 Å². The highest BCUT2D eigenvalue weighted by Crippen LogP contribution is 2.35. The van der Waals surface area contributed by atoms with Gasteiger partial charge in [-0.05, 0) is 37.2 Å². The lowest BCUT2D eigenvalue weighted by atomic mass is 9.67. The van der Waals surface area contributed by atoms with E-state index < -0.39 is 0 Å². The Morgan fingerprint density at radius 3 is 3.11 bits per heavy atom. The lowest BCUT2D eigenvalue weighted by Crippen LogP contribution is -2.50. The first-order chi connectivity index (χ1) is 9.31. The van der Waals surface area contributed by atoms with Crippen molar-refractivity contribution in [1.29, 1.82) is 0 Å². The molecule has 3 nitrogen and oxygen atoms in total. The maximum Gasteiger partial charge on any atom is 0.252 e. The van der Waals surface area contributed by atoms with E-state index in [1.165, 1.54) is 19.5 Å². The van der Waals surface area contributed by atoms with E-state index in [-0.39, 0.29) is 5.92 Å². The minimum absolute atomic E-state index is 0.168. The van der Waals surface area contributed by atoms with E-state index >= 15 is 0 Å². The highest BCUT2D eigenvalue weighted by molar-refractivity contribution is 6.52. The first-order valence-corrected chi connectivity index (χ1v) is 7.55. The molecular formula is C15H20BN2O. The van der Waals surface area contributed by atoms with Crippen LogP contribution in [0.25, 0.3) is 0 Å². The monoisotopic (exact) mass is 255 g/mol. The van der Waals surface area contributed by atoms with Crippen molar-refractivity contribution in [3.05, 3.63) is 23.7 Å². The van der Waals surface area contributed by atoms with Crippen molar-refractivity contribution in [2.45, 2.75) is 25.3 Å². The minimum Gasteiger partial charge on any atom is -0.337 e. The number of carbonyl (C=O) groups excluding carboxylic acids is 1. The van der Waals surface area contributed by atoms with Crippen LogP contribution < -0.4 is 0 Å². The Labute approximate surface area is 115 Å². The second kappa shape index (κ2) is 4.60. The highest BCUT2D eigenvalue weighted by Gasteiger charge is 2.37. The standard InChI is InChI=1S/C15H20BN2O/c19-15-13-3-1-2-11(13)4-5-14(15)16-18-9-8-17-7-6-12(18)10-17/h1,3,5,11-13H,2,4,6-10H2. The molecule has 99 valence electrons. The summed E-state index contributed by atoms with van der Waals surface area (Å²) in [5.41, 5.74) is 0.966. The number of carbonyl (C=O) groups is 1. The predicted molar refractivity (Wildman–Crippen MR) is 75.7 cm³/mol. The van der Waals surface area contributed by atoms with Gasteiger partial charge in [0.2, 0.25) is 0 Å². The third-order valence-electron chi connectivity index (χ3n) is 5.21. The lowest BCUT2D eigenvalue weighted by molar-refractivity contribution is -0.118. The Morgan fingerprint density at radius 2 is 2.16 bits per heavy atom. The van der Waals surface area contributed by atoms with Crippen LogP contribution in [0.1, 0.15) is 19.3 Å². The van der Waals surface area contributed by atoms with Gasteiger partial charge in [0.15, 0.2) is 5.78 Å². The van der Waals surface area contributed by atoms with Crippen LogP contribution in [0, 0.1) is 11.8 Å². The zero-order chi connectivity index (χ0) is 12.8. The summed E-state index contributed by atoms with van der Waals surface area (Å²) >= 11 is 0. The van der Waals surface area contributed by atoms with Gasteiger partial charge in [0, 0.05) is 31.6 Å². The van der Waals surface area contributed by atoms with Crippen LogP contribution in [0.3, 0.4) is 0 Å². The maximum atomic E-state index is 12.5. The van der Waals surface area contributed by atoms with Crippen molar-refractivity contribution in [2.75, 3.05) is 26.2 Å². The number of piperazine rings is 1. The van der Waals surface area contributed by atoms with Crippen molar-refractivity contribution in [1.82, 2.24) is 9.71 Å². The van der Waals surface area contributed by atoms with Gasteiger partial charge in [-0.3, -0.25) is 4.79 Å². The van der Waals surface area contributed by atoms with E-state index in [4.69, 9.17) is 0 Å². The zero-order valence-corrected chi connectivity index (χ0v) is 11.3. The fourth-order valence-electron chi connectivity index (χ4n) is 4.01. The molecule has 0 N–H and O–H groups in total. The van der Waals surface area contributed by atoms with Gasteiger partial charge in [0.1, 0.15) is 0 Å². The van der Waals surface area contributed by atoms with Crippen molar-refractivity contribution >= 4 is 13.2 Å². The molecule has 4 unspecified atom stereocenters. The largest absolute Gasteiger partial charge is 0.337 e. The van der Waals surface area contributed by atoms with E-state index in [1.54, 1.807) is 0 Å². The number of hydrogen-bond acceptors (Lipinski definition) is 3. The molecule has 0 aromatic rings. The van der Waals surface area contributed by atoms with Crippen LogP contribution in [0.4, 0.5) is 0 Å². The summed E-state index contributed by atoms with van der Waals surface area (Å²) < 4.78 is 0. The second-order valence-corrected chi connectivity index (χ2v) is 6.32. The number of ketones is 1. The summed E-state index contributed by atoms with van der Waals surface area (Å²) in [7, 11) is 2.16. The second-order valence-electron chi connectivity index (χ2n) is 6.32. The molecule has 2 aliphatic heterocycles. The third-order valence-corrected chi connectivity index (χ3v) is 5.21. The van der Waals surface area contributed by atoms with E-state index in [9.17, 15) is 4.79 Å². The van der Waals surface area contributed by atoms with Gasteiger partial charge in [0.25, 0.3) is 7.41 Å². The SMILES string of the molecule is O=C1C([B]N2CCN3CCC2C3)=CCC2CC=CC12. The average Bonchev–Trinajstić information content (AvgIpc) is 3.03. The molecule has 0 amide bonds. The fourth-order valence-corrected chi connectivity index (χ4v) is 4.01. The van der Waals surface area contributed by atoms with E-state index in [0.717, 1.165) is 31.4 Å². The molecule has 0 saturated carbocycles. The molecule has 2 bridgehead atoms. The summed E-state index contributed by atoms with van der Waals surface area (Å²) in [5, 5.41) is 0. The Morgan fingerprint density at radius 1 is 1.21 bits per heavy atom. The molecule has 0 aromatic carbocycles. The van der Waals surface area contributed by atoms with Gasteiger partial charge in [-0.2, -0.15) is 0 Å². The summed E-state index contributed by atoms with van der Waals surface area (Å²) in [6, 6.07) is 0.638. The molecule has 19 heavy (non-hydrogen) atoms. The molecule has 4 aliphatic rings. The third kappa shape index (κ3) is 2.02. The van der Waals surface area contributed by atoms with Crippen LogP contribution >= 0.6 is 0 Å². The van der Waals surface area contributed by atoms with Gasteiger partial charge in [-0.25, -0.2) is 0 Å². The molecule has 2 saturated heterocycles. The molecule has 2 fully saturated rings. The van der Waals surface area contributed by atoms with Crippen LogP contribution in [0.15, 0.2) is 23.7 Å². The Hall–Kier alpha value is -0.865. The quantitative estimate of drug-likeness (QED) is 0.544. The predicted octanol–water partition coefficient (Wildman–Crippen LogP) is 1.04. The summed E-state index contributed by atoms with van der Waals surface area (Å²) in [5.74, 6) is 1.07. The molecule has 0 spiro atoms. The Balaban J connectivity index is 1.47. The maximum absolute atomic E-state index is 12.5. The Kier molecular flexibility index (Phi) is 2.89. The van der Waals surface area contributed by atoms with Crippen molar-refractivity contribution < 1.29 is 4.79 Å². The van der Waals surface area contributed by atoms with Crippen LogP contribution in [-0.4, -0.2) is 55.1 Å². The van der Waals surface area contributed by atoms with Crippen LogP contribution in [-0.2, 0) is 4.79 Å². The fraction of sp³-hybridized carbons (Fsp3) is 0.667. The number of rotatable bonds is 2. The van der Waals surface area contributed by atoms with Crippen LogP contribution in [0.2, 0.25) is 0 Å². The highest BCUT2D eigenvalue weighted by atomic mass is 16.1. The van der Waals surface area contributed by atoms with Gasteiger partial charge in [-0.1, -0.05) is 18.2 Å². The average molecular weight is 255 g/mol. The molecular weight excluding hydrogens is 235 g/mol. The zero-order valence-electron chi connectivity index (χ0n) is 11.3. The van der Waals surface area contributed by atoms with Gasteiger partial charge >= 0.3 is 0 Å². The van der Waals surface area contributed by atoms with Gasteiger partial charge in [-0.15, -0.1) is 0 Å². The molecule has 0 aromatic heterocycles. The number of hydrogen-bond donors (Lipinski definition) is 0. The first-order valence-electron chi connectivity index (χ1n) is 7.55. The van der Waals surface area contributed by atoms with Gasteiger partial charge in [0.05, 0.1) is 0 Å². The van der Waals surface area contributed by atoms with Crippen LogP contribution in [0.5, 0.6) is 0 Å².